The summed E-state index contributed by atoms with van der Waals surface area (Å²) in [6.07, 6.45) is -0.548. The lowest BCUT2D eigenvalue weighted by Gasteiger charge is -2.20. The molecule has 7 nitrogen and oxygen atoms in total. The van der Waals surface area contributed by atoms with Gasteiger partial charge in [0.15, 0.2) is 0 Å². The highest BCUT2D eigenvalue weighted by Crippen LogP contribution is 2.21. The van der Waals surface area contributed by atoms with Gasteiger partial charge in [-0.1, -0.05) is 0 Å². The highest BCUT2D eigenvalue weighted by atomic mass is 32.1. The predicted octanol–water partition coefficient (Wildman–Crippen LogP) is -1.34. The molecule has 1 aliphatic rings. The van der Waals surface area contributed by atoms with Crippen molar-refractivity contribution in [2.24, 2.45) is 11.5 Å². The van der Waals surface area contributed by atoms with E-state index in [1.54, 1.807) is 5.38 Å². The van der Waals surface area contributed by atoms with Gasteiger partial charge < -0.3 is 21.5 Å². The quantitative estimate of drug-likeness (QED) is 0.627. The Hall–Kier alpha value is -1.51. The number of likely N-dealkylation sites (tertiary alicyclic amines) is 1. The van der Waals surface area contributed by atoms with Crippen LogP contribution in [0.2, 0.25) is 0 Å². The van der Waals surface area contributed by atoms with Gasteiger partial charge in [0.25, 0.3) is 5.91 Å². The highest BCUT2D eigenvalue weighted by Gasteiger charge is 2.38. The Morgan fingerprint density at radius 3 is 2.89 bits per heavy atom. The van der Waals surface area contributed by atoms with E-state index in [4.69, 9.17) is 11.5 Å². The van der Waals surface area contributed by atoms with Gasteiger partial charge in [-0.2, -0.15) is 0 Å². The molecule has 0 spiro atoms. The van der Waals surface area contributed by atoms with Crippen LogP contribution < -0.4 is 11.5 Å². The molecule has 0 bridgehead atoms. The molecule has 1 aromatic rings. The fourth-order valence-electron chi connectivity index (χ4n) is 1.96. The van der Waals surface area contributed by atoms with Gasteiger partial charge >= 0.3 is 0 Å². The maximum atomic E-state index is 12.1. The summed E-state index contributed by atoms with van der Waals surface area (Å²) in [6.45, 7) is 0.363. The largest absolute Gasteiger partial charge is 0.391 e. The number of primary amides is 1. The Morgan fingerprint density at radius 2 is 2.33 bits per heavy atom. The van der Waals surface area contributed by atoms with Gasteiger partial charge in [-0.15, -0.1) is 11.3 Å². The normalized spacial score (nSPS) is 23.3. The zero-order valence-electron chi connectivity index (χ0n) is 9.57. The molecule has 0 saturated carbocycles. The maximum Gasteiger partial charge on any atom is 0.274 e. The number of carbonyl (C=O) groups is 2. The van der Waals surface area contributed by atoms with E-state index < -0.39 is 24.0 Å². The van der Waals surface area contributed by atoms with E-state index in [-0.39, 0.29) is 25.2 Å². The van der Waals surface area contributed by atoms with Gasteiger partial charge in [0.1, 0.15) is 16.7 Å². The molecule has 0 aromatic carbocycles. The van der Waals surface area contributed by atoms with Crippen molar-refractivity contribution in [1.29, 1.82) is 0 Å². The van der Waals surface area contributed by atoms with Crippen molar-refractivity contribution in [2.45, 2.75) is 25.1 Å². The third kappa shape index (κ3) is 2.35. The Kier molecular flexibility index (Phi) is 3.60. The summed E-state index contributed by atoms with van der Waals surface area (Å²) >= 11 is 1.28. The highest BCUT2D eigenvalue weighted by molar-refractivity contribution is 7.09. The Morgan fingerprint density at radius 1 is 1.61 bits per heavy atom. The lowest BCUT2D eigenvalue weighted by molar-refractivity contribution is -0.121. The number of β-amino-alcohol motifs (C(OH)–C–C–N with tert-alkyl or cyclic N) is 1. The summed E-state index contributed by atoms with van der Waals surface area (Å²) in [5.41, 5.74) is 10.9. The van der Waals surface area contributed by atoms with Gasteiger partial charge in [0.05, 0.1) is 6.10 Å². The second kappa shape index (κ2) is 5.01. The third-order valence-corrected chi connectivity index (χ3v) is 3.68. The van der Waals surface area contributed by atoms with Crippen LogP contribution in [-0.2, 0) is 11.3 Å². The minimum absolute atomic E-state index is 0.0991. The molecule has 1 aromatic heterocycles. The molecule has 2 rings (SSSR count). The van der Waals surface area contributed by atoms with E-state index in [1.165, 1.54) is 16.2 Å². The summed E-state index contributed by atoms with van der Waals surface area (Å²) in [4.78, 5) is 28.7. The first-order valence-corrected chi connectivity index (χ1v) is 6.33. The number of hydrogen-bond acceptors (Lipinski definition) is 6. The molecule has 1 saturated heterocycles. The van der Waals surface area contributed by atoms with Crippen LogP contribution in [0, 0.1) is 0 Å². The molecule has 1 fully saturated rings. The predicted molar refractivity (Wildman–Crippen MR) is 64.6 cm³/mol. The Bertz CT molecular complexity index is 475. The first kappa shape index (κ1) is 12.9. The number of aliphatic hydroxyl groups is 1. The van der Waals surface area contributed by atoms with E-state index in [0.717, 1.165) is 0 Å². The molecular formula is C10H14N4O3S. The summed E-state index contributed by atoms with van der Waals surface area (Å²) in [5.74, 6) is -1.01. The Labute approximate surface area is 107 Å². The number of aliphatic hydroxyl groups excluding tert-OH is 1. The molecule has 0 radical (unpaired) electrons. The summed E-state index contributed by atoms with van der Waals surface area (Å²) < 4.78 is 0. The molecular weight excluding hydrogens is 256 g/mol. The van der Waals surface area contributed by atoms with Gasteiger partial charge in [0.2, 0.25) is 5.91 Å². The number of amides is 2. The van der Waals surface area contributed by atoms with Gasteiger partial charge in [-0.05, 0) is 0 Å². The smallest absolute Gasteiger partial charge is 0.274 e. The Balaban J connectivity index is 2.19. The average Bonchev–Trinajstić information content (AvgIpc) is 2.94. The van der Waals surface area contributed by atoms with Gasteiger partial charge in [0, 0.05) is 24.9 Å². The lowest BCUT2D eigenvalue weighted by atomic mass is 10.2. The van der Waals surface area contributed by atoms with Crippen LogP contribution in [0.15, 0.2) is 5.38 Å². The topological polar surface area (TPSA) is 123 Å². The summed E-state index contributed by atoms with van der Waals surface area (Å²) in [5, 5.41) is 11.8. The fraction of sp³-hybridized carbons (Fsp3) is 0.500. The SMILES string of the molecule is NCc1nc(C(=O)N2CC(O)CC2C(N)=O)cs1. The molecule has 98 valence electrons. The van der Waals surface area contributed by atoms with E-state index in [9.17, 15) is 14.7 Å². The van der Waals surface area contributed by atoms with Crippen LogP contribution in [0.25, 0.3) is 0 Å². The molecule has 2 heterocycles. The molecule has 8 heteroatoms. The van der Waals surface area contributed by atoms with Crippen molar-refractivity contribution in [3.8, 4) is 0 Å². The molecule has 2 atom stereocenters. The molecule has 0 aliphatic carbocycles. The van der Waals surface area contributed by atoms with E-state index >= 15 is 0 Å². The number of carbonyl (C=O) groups excluding carboxylic acids is 2. The molecule has 18 heavy (non-hydrogen) atoms. The summed E-state index contributed by atoms with van der Waals surface area (Å²) in [7, 11) is 0. The van der Waals surface area contributed by atoms with E-state index in [1.807, 2.05) is 0 Å². The second-order valence-electron chi connectivity index (χ2n) is 4.10. The second-order valence-corrected chi connectivity index (χ2v) is 5.04. The van der Waals surface area contributed by atoms with Gasteiger partial charge in [-0.25, -0.2) is 4.98 Å². The van der Waals surface area contributed by atoms with Crippen molar-refractivity contribution in [2.75, 3.05) is 6.54 Å². The number of hydrogen-bond donors (Lipinski definition) is 3. The minimum Gasteiger partial charge on any atom is -0.391 e. The summed E-state index contributed by atoms with van der Waals surface area (Å²) in [6, 6.07) is -0.768. The number of thiazole rings is 1. The van der Waals surface area contributed by atoms with Crippen molar-refractivity contribution < 1.29 is 14.7 Å². The molecule has 2 unspecified atom stereocenters. The van der Waals surface area contributed by atoms with Crippen molar-refractivity contribution in [3.63, 3.8) is 0 Å². The van der Waals surface area contributed by atoms with E-state index in [0.29, 0.717) is 5.01 Å². The maximum absolute atomic E-state index is 12.1. The van der Waals surface area contributed by atoms with Crippen molar-refractivity contribution in [3.05, 3.63) is 16.1 Å². The van der Waals surface area contributed by atoms with Crippen LogP contribution in [0.4, 0.5) is 0 Å². The zero-order chi connectivity index (χ0) is 13.3. The minimum atomic E-state index is -0.768. The third-order valence-electron chi connectivity index (χ3n) is 2.81. The average molecular weight is 270 g/mol. The number of aromatic nitrogens is 1. The number of nitrogens with zero attached hydrogens (tertiary/aromatic N) is 2. The van der Waals surface area contributed by atoms with Crippen LogP contribution in [0.3, 0.4) is 0 Å². The zero-order valence-corrected chi connectivity index (χ0v) is 10.4. The van der Waals surface area contributed by atoms with Crippen molar-refractivity contribution in [1.82, 2.24) is 9.88 Å². The fourth-order valence-corrected chi connectivity index (χ4v) is 2.61. The lowest BCUT2D eigenvalue weighted by Crippen LogP contribution is -2.43. The first-order valence-electron chi connectivity index (χ1n) is 5.45. The molecule has 1 aliphatic heterocycles. The number of rotatable bonds is 3. The monoisotopic (exact) mass is 270 g/mol. The van der Waals surface area contributed by atoms with E-state index in [2.05, 4.69) is 4.98 Å². The standard InChI is InChI=1S/C10H14N4O3S/c11-2-8-13-6(4-18-8)10(17)14-3-5(15)1-7(14)9(12)16/h4-5,7,15H,1-3,11H2,(H2,12,16). The van der Waals surface area contributed by atoms with Crippen molar-refractivity contribution >= 4 is 23.2 Å². The van der Waals surface area contributed by atoms with Crippen LogP contribution >= 0.6 is 11.3 Å². The van der Waals surface area contributed by atoms with Crippen LogP contribution in [0.5, 0.6) is 0 Å². The molecule has 5 N–H and O–H groups in total. The van der Waals surface area contributed by atoms with Gasteiger partial charge in [-0.3, -0.25) is 9.59 Å². The molecule has 2 amide bonds. The van der Waals surface area contributed by atoms with Crippen LogP contribution in [-0.4, -0.2) is 45.5 Å². The number of nitrogens with two attached hydrogens (primary N) is 2. The first-order chi connectivity index (χ1) is 8.52. The van der Waals surface area contributed by atoms with Crippen LogP contribution in [0.1, 0.15) is 21.9 Å².